The van der Waals surface area contributed by atoms with Crippen molar-refractivity contribution in [3.05, 3.63) is 76.9 Å². The molecule has 1 aromatic heterocycles. The summed E-state index contributed by atoms with van der Waals surface area (Å²) in [5.74, 6) is -0.423. The molecule has 0 atom stereocenters. The van der Waals surface area contributed by atoms with Gasteiger partial charge in [0.2, 0.25) is 10.0 Å². The van der Waals surface area contributed by atoms with E-state index in [4.69, 9.17) is 11.6 Å². The molecule has 8 heteroatoms. The van der Waals surface area contributed by atoms with E-state index in [1.54, 1.807) is 36.5 Å². The topological polar surface area (TPSA) is 88.2 Å². The van der Waals surface area contributed by atoms with Gasteiger partial charge in [-0.3, -0.25) is 14.5 Å². The van der Waals surface area contributed by atoms with Crippen molar-refractivity contribution >= 4 is 38.9 Å². The van der Waals surface area contributed by atoms with Crippen molar-refractivity contribution in [2.24, 2.45) is 0 Å². The minimum Gasteiger partial charge on any atom is -0.322 e. The Balaban J connectivity index is 1.59. The molecule has 4 rings (SSSR count). The number of fused-ring (bicyclic) bond motifs is 1. The molecule has 2 aromatic carbocycles. The number of amides is 1. The average Bonchev–Trinajstić information content (AvgIpc) is 2.96. The number of hydrogen-bond donors (Lipinski definition) is 2. The third-order valence-corrected chi connectivity index (χ3v) is 5.70. The number of sulfonamides is 1. The Morgan fingerprint density at radius 1 is 1.11 bits per heavy atom. The summed E-state index contributed by atoms with van der Waals surface area (Å²) in [6.45, 7) is 0. The number of anilines is 2. The number of benzene rings is 2. The van der Waals surface area contributed by atoms with Crippen LogP contribution in [0.5, 0.6) is 0 Å². The molecule has 0 radical (unpaired) electrons. The number of halogens is 1. The van der Waals surface area contributed by atoms with Crippen LogP contribution < -0.4 is 10.0 Å². The highest BCUT2D eigenvalue weighted by atomic mass is 35.5. The Labute approximate surface area is 161 Å². The van der Waals surface area contributed by atoms with Crippen molar-refractivity contribution in [2.75, 3.05) is 10.0 Å². The van der Waals surface area contributed by atoms with E-state index in [0.717, 1.165) is 0 Å². The predicted octanol–water partition coefficient (Wildman–Crippen LogP) is 3.91. The molecule has 0 saturated carbocycles. The molecular formula is C19H14ClN3O3S. The van der Waals surface area contributed by atoms with E-state index >= 15 is 0 Å². The standard InChI is InChI=1S/C19H14ClN3O3S/c20-16-7-6-14(10-15(16)17-3-1-2-8-21-17)22-19(24)12-4-5-13-11-27(25,26)23-18(13)9-12/h1-10,23H,11H2,(H,22,24). The van der Waals surface area contributed by atoms with E-state index in [1.165, 1.54) is 6.07 Å². The lowest BCUT2D eigenvalue weighted by Gasteiger charge is -2.10. The van der Waals surface area contributed by atoms with Crippen LogP contribution in [0.2, 0.25) is 5.02 Å². The Morgan fingerprint density at radius 3 is 2.74 bits per heavy atom. The number of carbonyl (C=O) groups is 1. The monoisotopic (exact) mass is 399 g/mol. The zero-order valence-electron chi connectivity index (χ0n) is 13.9. The number of carbonyl (C=O) groups excluding carboxylic acids is 1. The van der Waals surface area contributed by atoms with Gasteiger partial charge in [-0.1, -0.05) is 23.7 Å². The van der Waals surface area contributed by atoms with E-state index in [1.807, 2.05) is 18.2 Å². The number of hydrogen-bond acceptors (Lipinski definition) is 4. The lowest BCUT2D eigenvalue weighted by atomic mass is 10.1. The van der Waals surface area contributed by atoms with Gasteiger partial charge in [0, 0.05) is 23.0 Å². The minimum atomic E-state index is -3.35. The molecule has 3 aromatic rings. The van der Waals surface area contributed by atoms with Gasteiger partial charge in [-0.15, -0.1) is 0 Å². The average molecular weight is 400 g/mol. The Hall–Kier alpha value is -2.90. The van der Waals surface area contributed by atoms with E-state index in [2.05, 4.69) is 15.0 Å². The van der Waals surface area contributed by atoms with Crippen LogP contribution in [0.3, 0.4) is 0 Å². The molecule has 1 amide bonds. The van der Waals surface area contributed by atoms with Crippen LogP contribution in [-0.2, 0) is 15.8 Å². The van der Waals surface area contributed by atoms with Crippen LogP contribution in [0.25, 0.3) is 11.3 Å². The molecule has 0 unspecified atom stereocenters. The van der Waals surface area contributed by atoms with Crippen molar-refractivity contribution in [1.82, 2.24) is 4.98 Å². The summed E-state index contributed by atoms with van der Waals surface area (Å²) in [7, 11) is -3.35. The first-order chi connectivity index (χ1) is 12.9. The van der Waals surface area contributed by atoms with Crippen LogP contribution in [0.15, 0.2) is 60.8 Å². The van der Waals surface area contributed by atoms with Crippen LogP contribution >= 0.6 is 11.6 Å². The number of nitrogens with one attached hydrogen (secondary N) is 2. The normalized spacial score (nSPS) is 14.3. The van der Waals surface area contributed by atoms with Crippen molar-refractivity contribution in [2.45, 2.75) is 5.75 Å². The Bertz CT molecular complexity index is 1150. The summed E-state index contributed by atoms with van der Waals surface area (Å²) in [6, 6.07) is 15.4. The molecule has 0 spiro atoms. The van der Waals surface area contributed by atoms with Crippen LogP contribution in [0.4, 0.5) is 11.4 Å². The van der Waals surface area contributed by atoms with E-state index in [-0.39, 0.29) is 11.7 Å². The molecule has 1 aliphatic heterocycles. The van der Waals surface area contributed by atoms with Gasteiger partial charge in [-0.2, -0.15) is 0 Å². The second-order valence-corrected chi connectivity index (χ2v) is 8.23. The van der Waals surface area contributed by atoms with Gasteiger partial charge in [0.1, 0.15) is 0 Å². The smallest absolute Gasteiger partial charge is 0.255 e. The van der Waals surface area contributed by atoms with Gasteiger partial charge in [0.25, 0.3) is 5.91 Å². The van der Waals surface area contributed by atoms with Crippen molar-refractivity contribution in [3.63, 3.8) is 0 Å². The van der Waals surface area contributed by atoms with Gasteiger partial charge in [-0.25, -0.2) is 8.42 Å². The third kappa shape index (κ3) is 3.65. The van der Waals surface area contributed by atoms with Crippen LogP contribution in [0.1, 0.15) is 15.9 Å². The van der Waals surface area contributed by atoms with Crippen LogP contribution in [-0.4, -0.2) is 19.3 Å². The lowest BCUT2D eigenvalue weighted by molar-refractivity contribution is 0.102. The fraction of sp³-hybridized carbons (Fsp3) is 0.0526. The predicted molar refractivity (Wildman–Crippen MR) is 105 cm³/mol. The number of pyridine rings is 1. The second-order valence-electron chi connectivity index (χ2n) is 6.10. The zero-order valence-corrected chi connectivity index (χ0v) is 15.5. The molecule has 0 aliphatic carbocycles. The SMILES string of the molecule is O=C(Nc1ccc(Cl)c(-c2ccccn2)c1)c1ccc2c(c1)NS(=O)(=O)C2. The molecule has 136 valence electrons. The lowest BCUT2D eigenvalue weighted by Crippen LogP contribution is -2.12. The van der Waals surface area contributed by atoms with E-state index < -0.39 is 10.0 Å². The van der Waals surface area contributed by atoms with Crippen molar-refractivity contribution in [3.8, 4) is 11.3 Å². The highest BCUT2D eigenvalue weighted by Crippen LogP contribution is 2.30. The minimum absolute atomic E-state index is 0.0746. The summed E-state index contributed by atoms with van der Waals surface area (Å²) in [4.78, 5) is 16.8. The number of aromatic nitrogens is 1. The highest BCUT2D eigenvalue weighted by molar-refractivity contribution is 7.92. The Morgan fingerprint density at radius 2 is 1.96 bits per heavy atom. The fourth-order valence-electron chi connectivity index (χ4n) is 2.87. The maximum Gasteiger partial charge on any atom is 0.255 e. The molecule has 6 nitrogen and oxygen atoms in total. The summed E-state index contributed by atoms with van der Waals surface area (Å²) in [5.41, 5.74) is 3.41. The van der Waals surface area contributed by atoms with Gasteiger partial charge in [0.15, 0.2) is 0 Å². The van der Waals surface area contributed by atoms with Gasteiger partial charge in [0.05, 0.1) is 22.2 Å². The maximum atomic E-state index is 12.6. The maximum absolute atomic E-state index is 12.6. The number of rotatable bonds is 3. The second kappa shape index (κ2) is 6.68. The largest absolute Gasteiger partial charge is 0.322 e. The summed E-state index contributed by atoms with van der Waals surface area (Å²) < 4.78 is 25.7. The molecule has 0 saturated heterocycles. The van der Waals surface area contributed by atoms with Crippen molar-refractivity contribution in [1.29, 1.82) is 0 Å². The molecule has 2 N–H and O–H groups in total. The fourth-order valence-corrected chi connectivity index (χ4v) is 4.34. The van der Waals surface area contributed by atoms with Crippen LogP contribution in [0, 0.1) is 0 Å². The van der Waals surface area contributed by atoms with E-state index in [0.29, 0.717) is 38.8 Å². The number of nitrogens with zero attached hydrogens (tertiary/aromatic N) is 1. The highest BCUT2D eigenvalue weighted by Gasteiger charge is 2.24. The van der Waals surface area contributed by atoms with Gasteiger partial charge >= 0.3 is 0 Å². The molecule has 1 aliphatic rings. The third-order valence-electron chi connectivity index (χ3n) is 4.15. The van der Waals surface area contributed by atoms with Crippen molar-refractivity contribution < 1.29 is 13.2 Å². The van der Waals surface area contributed by atoms with E-state index in [9.17, 15) is 13.2 Å². The molecule has 2 heterocycles. The summed E-state index contributed by atoms with van der Waals surface area (Å²) in [5, 5.41) is 3.33. The first kappa shape index (κ1) is 17.5. The molecular weight excluding hydrogens is 386 g/mol. The first-order valence-electron chi connectivity index (χ1n) is 8.07. The van der Waals surface area contributed by atoms with Gasteiger partial charge < -0.3 is 5.32 Å². The molecule has 0 bridgehead atoms. The molecule has 0 fully saturated rings. The quantitative estimate of drug-likeness (QED) is 0.698. The zero-order chi connectivity index (χ0) is 19.0. The molecule has 27 heavy (non-hydrogen) atoms. The first-order valence-corrected chi connectivity index (χ1v) is 10.1. The Kier molecular flexibility index (Phi) is 4.33. The van der Waals surface area contributed by atoms with Gasteiger partial charge in [-0.05, 0) is 48.0 Å². The summed E-state index contributed by atoms with van der Waals surface area (Å²) >= 11 is 6.26. The summed E-state index contributed by atoms with van der Waals surface area (Å²) in [6.07, 6.45) is 1.67.